The molecule has 0 aliphatic rings. The van der Waals surface area contributed by atoms with Gasteiger partial charge in [0.15, 0.2) is 0 Å². The monoisotopic (exact) mass is 258 g/mol. The molecule has 1 aromatic heterocycles. The van der Waals surface area contributed by atoms with E-state index in [0.717, 1.165) is 11.3 Å². The number of rotatable bonds is 3. The van der Waals surface area contributed by atoms with Crippen molar-refractivity contribution in [3.8, 4) is 0 Å². The largest absolute Gasteiger partial charge is 0.378 e. The normalized spacial score (nSPS) is 10.8. The van der Waals surface area contributed by atoms with Crippen molar-refractivity contribution in [2.45, 2.75) is 0 Å². The number of benzene rings is 1. The third-order valence-corrected chi connectivity index (χ3v) is 2.80. The number of hydrogen-bond acceptors (Lipinski definition) is 2. The Bertz CT molecular complexity index is 545. The third-order valence-electron chi connectivity index (χ3n) is 2.59. The summed E-state index contributed by atoms with van der Waals surface area (Å²) in [5.74, 6) is 0. The lowest BCUT2D eigenvalue weighted by atomic mass is 10.1. The molecule has 0 fully saturated rings. The maximum atomic E-state index is 5.83. The molecule has 0 bridgehead atoms. The van der Waals surface area contributed by atoms with Crippen LogP contribution in [-0.4, -0.2) is 19.1 Å². The topological polar surface area (TPSA) is 16.1 Å². The zero-order valence-electron chi connectivity index (χ0n) is 10.5. The van der Waals surface area contributed by atoms with Gasteiger partial charge in [-0.05, 0) is 35.9 Å². The summed E-state index contributed by atoms with van der Waals surface area (Å²) in [5.41, 5.74) is 3.19. The minimum Gasteiger partial charge on any atom is -0.378 e. The second kappa shape index (κ2) is 5.69. The molecule has 0 saturated carbocycles. The van der Waals surface area contributed by atoms with Crippen LogP contribution in [0.15, 0.2) is 42.5 Å². The molecule has 0 unspecified atom stereocenters. The first-order valence-electron chi connectivity index (χ1n) is 5.73. The number of aromatic nitrogens is 1. The van der Waals surface area contributed by atoms with Gasteiger partial charge < -0.3 is 4.90 Å². The van der Waals surface area contributed by atoms with Gasteiger partial charge in [-0.3, -0.25) is 0 Å². The molecule has 1 aromatic carbocycles. The van der Waals surface area contributed by atoms with E-state index >= 15 is 0 Å². The first-order valence-corrected chi connectivity index (χ1v) is 6.11. The zero-order valence-corrected chi connectivity index (χ0v) is 11.2. The Morgan fingerprint density at radius 3 is 2.33 bits per heavy atom. The summed E-state index contributed by atoms with van der Waals surface area (Å²) in [6, 6.07) is 13.9. The van der Waals surface area contributed by atoms with E-state index in [1.54, 1.807) is 6.07 Å². The van der Waals surface area contributed by atoms with Gasteiger partial charge in [-0.15, -0.1) is 0 Å². The average Bonchev–Trinajstić information content (AvgIpc) is 2.37. The first-order chi connectivity index (χ1) is 8.65. The van der Waals surface area contributed by atoms with E-state index in [9.17, 15) is 0 Å². The molecule has 2 rings (SSSR count). The predicted octanol–water partition coefficient (Wildman–Crippen LogP) is 3.97. The first kappa shape index (κ1) is 12.7. The quantitative estimate of drug-likeness (QED) is 0.775. The van der Waals surface area contributed by atoms with E-state index in [2.05, 4.69) is 34.1 Å². The molecule has 3 heteroatoms. The fraction of sp³-hybridized carbons (Fsp3) is 0.133. The molecule has 2 nitrogen and oxygen atoms in total. The lowest BCUT2D eigenvalue weighted by Crippen LogP contribution is -2.07. The summed E-state index contributed by atoms with van der Waals surface area (Å²) in [4.78, 5) is 6.28. The Morgan fingerprint density at radius 1 is 1.00 bits per heavy atom. The summed E-state index contributed by atoms with van der Waals surface area (Å²) in [5, 5.41) is 0.514. The Kier molecular flexibility index (Phi) is 4.00. The van der Waals surface area contributed by atoms with Crippen LogP contribution in [0.5, 0.6) is 0 Å². The van der Waals surface area contributed by atoms with Gasteiger partial charge in [0.2, 0.25) is 0 Å². The summed E-state index contributed by atoms with van der Waals surface area (Å²) < 4.78 is 0. The highest BCUT2D eigenvalue weighted by atomic mass is 35.5. The van der Waals surface area contributed by atoms with E-state index in [-0.39, 0.29) is 0 Å². The Labute approximate surface area is 113 Å². The molecule has 92 valence electrons. The average molecular weight is 259 g/mol. The minimum absolute atomic E-state index is 0.514. The second-order valence-electron chi connectivity index (χ2n) is 4.20. The number of anilines is 1. The molecule has 0 aliphatic carbocycles. The molecule has 0 radical (unpaired) electrons. The SMILES string of the molecule is CN(C)c1ccc(C=Cc2cccc(Cl)n2)cc1. The van der Waals surface area contributed by atoms with Crippen molar-refractivity contribution in [1.29, 1.82) is 0 Å². The van der Waals surface area contributed by atoms with Gasteiger partial charge in [0.25, 0.3) is 0 Å². The smallest absolute Gasteiger partial charge is 0.129 e. The lowest BCUT2D eigenvalue weighted by molar-refractivity contribution is 1.13. The van der Waals surface area contributed by atoms with Crippen molar-refractivity contribution in [2.75, 3.05) is 19.0 Å². The highest BCUT2D eigenvalue weighted by Crippen LogP contribution is 2.14. The molecule has 0 N–H and O–H groups in total. The van der Waals surface area contributed by atoms with Crippen LogP contribution in [-0.2, 0) is 0 Å². The molecule has 0 spiro atoms. The number of halogens is 1. The molecule has 18 heavy (non-hydrogen) atoms. The van der Waals surface area contributed by atoms with Crippen molar-refractivity contribution in [2.24, 2.45) is 0 Å². The van der Waals surface area contributed by atoms with Crippen molar-refractivity contribution in [3.63, 3.8) is 0 Å². The summed E-state index contributed by atoms with van der Waals surface area (Å²) in [7, 11) is 4.06. The van der Waals surface area contributed by atoms with Gasteiger partial charge >= 0.3 is 0 Å². The second-order valence-corrected chi connectivity index (χ2v) is 4.59. The number of pyridine rings is 1. The van der Waals surface area contributed by atoms with Crippen LogP contribution in [0.25, 0.3) is 12.2 Å². The van der Waals surface area contributed by atoms with Crippen LogP contribution in [0.3, 0.4) is 0 Å². The summed E-state index contributed by atoms with van der Waals surface area (Å²) in [6.45, 7) is 0. The highest BCUT2D eigenvalue weighted by molar-refractivity contribution is 6.29. The summed E-state index contributed by atoms with van der Waals surface area (Å²) >= 11 is 5.83. The molecule has 0 amide bonds. The van der Waals surface area contributed by atoms with Crippen LogP contribution in [0.2, 0.25) is 5.15 Å². The highest BCUT2D eigenvalue weighted by Gasteiger charge is 1.94. The molecule has 2 aromatic rings. The Balaban J connectivity index is 2.14. The van der Waals surface area contributed by atoms with Crippen molar-refractivity contribution in [1.82, 2.24) is 4.98 Å². The molecule has 0 atom stereocenters. The van der Waals surface area contributed by atoms with Gasteiger partial charge in [-0.25, -0.2) is 4.98 Å². The van der Waals surface area contributed by atoms with Crippen LogP contribution in [0.4, 0.5) is 5.69 Å². The van der Waals surface area contributed by atoms with E-state index < -0.39 is 0 Å². The van der Waals surface area contributed by atoms with Gasteiger partial charge in [0.1, 0.15) is 5.15 Å². The van der Waals surface area contributed by atoms with Crippen LogP contribution in [0, 0.1) is 0 Å². The third kappa shape index (κ3) is 3.34. The zero-order chi connectivity index (χ0) is 13.0. The maximum Gasteiger partial charge on any atom is 0.129 e. The van der Waals surface area contributed by atoms with Crippen LogP contribution in [0.1, 0.15) is 11.3 Å². The molecular formula is C15H15ClN2. The molecule has 0 aliphatic heterocycles. The molecule has 1 heterocycles. The maximum absolute atomic E-state index is 5.83. The fourth-order valence-corrected chi connectivity index (χ4v) is 1.75. The van der Waals surface area contributed by atoms with Crippen molar-refractivity contribution < 1.29 is 0 Å². The van der Waals surface area contributed by atoms with E-state index in [0.29, 0.717) is 5.15 Å². The van der Waals surface area contributed by atoms with Gasteiger partial charge in [-0.2, -0.15) is 0 Å². The predicted molar refractivity (Wildman–Crippen MR) is 78.9 cm³/mol. The molecule has 0 saturated heterocycles. The van der Waals surface area contributed by atoms with Gasteiger partial charge in [0.05, 0.1) is 5.69 Å². The minimum atomic E-state index is 0.514. The van der Waals surface area contributed by atoms with E-state index in [1.165, 1.54) is 5.69 Å². The van der Waals surface area contributed by atoms with Crippen LogP contribution >= 0.6 is 11.6 Å². The number of hydrogen-bond donors (Lipinski definition) is 0. The van der Waals surface area contributed by atoms with Crippen molar-refractivity contribution >= 4 is 29.4 Å². The standard InChI is InChI=1S/C15H15ClN2/c1-18(2)14-10-7-12(8-11-14)6-9-13-4-3-5-15(16)17-13/h3-11H,1-2H3. The Morgan fingerprint density at radius 2 is 1.72 bits per heavy atom. The summed E-state index contributed by atoms with van der Waals surface area (Å²) in [6.07, 6.45) is 3.98. The number of nitrogens with zero attached hydrogens (tertiary/aromatic N) is 2. The van der Waals surface area contributed by atoms with Crippen molar-refractivity contribution in [3.05, 3.63) is 58.9 Å². The lowest BCUT2D eigenvalue weighted by Gasteiger charge is -2.11. The Hall–Kier alpha value is -1.80. The van der Waals surface area contributed by atoms with Crippen LogP contribution < -0.4 is 4.90 Å². The van der Waals surface area contributed by atoms with E-state index in [4.69, 9.17) is 11.6 Å². The molecular weight excluding hydrogens is 244 g/mol. The fourth-order valence-electron chi connectivity index (χ4n) is 1.58. The van der Waals surface area contributed by atoms with Gasteiger partial charge in [-0.1, -0.05) is 35.9 Å². The van der Waals surface area contributed by atoms with Gasteiger partial charge in [0, 0.05) is 19.8 Å². The van der Waals surface area contributed by atoms with E-state index in [1.807, 2.05) is 38.4 Å².